The Hall–Kier alpha value is -2.00. The molecule has 1 heterocycles. The smallest absolute Gasteiger partial charge is 0.318 e. The van der Waals surface area contributed by atoms with Crippen LogP contribution in [0.25, 0.3) is 0 Å². The molecule has 0 unspecified atom stereocenters. The first-order valence-electron chi connectivity index (χ1n) is 5.62. The molecule has 110 valence electrons. The van der Waals surface area contributed by atoms with Gasteiger partial charge in [-0.2, -0.15) is 4.31 Å². The van der Waals surface area contributed by atoms with Gasteiger partial charge < -0.3 is 10.2 Å². The minimum atomic E-state index is -3.98. The Kier molecular flexibility index (Phi) is 5.59. The van der Waals surface area contributed by atoms with E-state index in [2.05, 4.69) is 4.98 Å². The van der Waals surface area contributed by atoms with Crippen molar-refractivity contribution in [2.24, 2.45) is 0 Å². The highest BCUT2D eigenvalue weighted by atomic mass is 32.2. The molecule has 0 bridgehead atoms. The van der Waals surface area contributed by atoms with Crippen molar-refractivity contribution >= 4 is 22.0 Å². The van der Waals surface area contributed by atoms with Gasteiger partial charge >= 0.3 is 11.9 Å². The minimum Gasteiger partial charge on any atom is -0.480 e. The second-order valence-electron chi connectivity index (χ2n) is 3.94. The number of nitrogens with zero attached hydrogens (tertiary/aromatic N) is 2. The summed E-state index contributed by atoms with van der Waals surface area (Å²) in [4.78, 5) is 25.1. The van der Waals surface area contributed by atoms with Gasteiger partial charge in [0.1, 0.15) is 13.1 Å². The number of carboxylic acid groups (broad SMARTS) is 2. The number of hydrogen-bond acceptors (Lipinski definition) is 5. The Morgan fingerprint density at radius 1 is 1.15 bits per heavy atom. The Bertz CT molecular complexity index is 556. The zero-order valence-corrected chi connectivity index (χ0v) is 11.3. The molecule has 0 spiro atoms. The van der Waals surface area contributed by atoms with Crippen molar-refractivity contribution in [2.75, 3.05) is 18.8 Å². The van der Waals surface area contributed by atoms with Gasteiger partial charge in [-0.3, -0.25) is 14.6 Å². The van der Waals surface area contributed by atoms with E-state index in [-0.39, 0.29) is 6.42 Å². The van der Waals surface area contributed by atoms with Crippen molar-refractivity contribution < 1.29 is 28.2 Å². The summed E-state index contributed by atoms with van der Waals surface area (Å²) in [7, 11) is -3.98. The van der Waals surface area contributed by atoms with Crippen LogP contribution in [0, 0.1) is 0 Å². The normalized spacial score (nSPS) is 11.4. The standard InChI is InChI=1S/C11H14N2O6S/c14-10(15)7-13(8-11(16)17)20(18,19)6-4-9-3-1-2-5-12-9/h1-3,5H,4,6-8H2,(H,14,15)(H,16,17). The van der Waals surface area contributed by atoms with Crippen LogP contribution in [-0.4, -0.2) is 58.7 Å². The fourth-order valence-electron chi connectivity index (χ4n) is 1.46. The minimum absolute atomic E-state index is 0.0823. The number of carbonyl (C=O) groups is 2. The van der Waals surface area contributed by atoms with E-state index < -0.39 is 40.8 Å². The second kappa shape index (κ2) is 6.96. The van der Waals surface area contributed by atoms with E-state index in [0.717, 1.165) is 0 Å². The van der Waals surface area contributed by atoms with Crippen LogP contribution in [0.1, 0.15) is 5.69 Å². The van der Waals surface area contributed by atoms with Gasteiger partial charge in [-0.25, -0.2) is 8.42 Å². The third-order valence-electron chi connectivity index (χ3n) is 2.36. The second-order valence-corrected chi connectivity index (χ2v) is 6.03. The molecule has 0 saturated carbocycles. The third kappa shape index (κ3) is 5.33. The van der Waals surface area contributed by atoms with E-state index in [9.17, 15) is 18.0 Å². The molecule has 0 aliphatic carbocycles. The lowest BCUT2D eigenvalue weighted by molar-refractivity contribution is -0.139. The molecule has 0 saturated heterocycles. The Labute approximate surface area is 115 Å². The van der Waals surface area contributed by atoms with Gasteiger partial charge in [-0.15, -0.1) is 0 Å². The molecule has 9 heteroatoms. The third-order valence-corrected chi connectivity index (χ3v) is 4.12. The largest absolute Gasteiger partial charge is 0.480 e. The quantitative estimate of drug-likeness (QED) is 0.658. The summed E-state index contributed by atoms with van der Waals surface area (Å²) < 4.78 is 24.3. The molecule has 1 rings (SSSR count). The molecular weight excluding hydrogens is 288 g/mol. The first-order chi connectivity index (χ1) is 9.31. The van der Waals surface area contributed by atoms with Crippen LogP contribution in [0.3, 0.4) is 0 Å². The van der Waals surface area contributed by atoms with Crippen LogP contribution in [0.2, 0.25) is 0 Å². The number of aromatic nitrogens is 1. The molecule has 1 aromatic heterocycles. The van der Waals surface area contributed by atoms with Crippen molar-refractivity contribution in [3.63, 3.8) is 0 Å². The number of rotatable bonds is 8. The van der Waals surface area contributed by atoms with E-state index in [4.69, 9.17) is 10.2 Å². The Morgan fingerprint density at radius 2 is 1.75 bits per heavy atom. The van der Waals surface area contributed by atoms with E-state index in [1.807, 2.05) is 0 Å². The van der Waals surface area contributed by atoms with Crippen LogP contribution >= 0.6 is 0 Å². The van der Waals surface area contributed by atoms with E-state index >= 15 is 0 Å². The molecule has 0 fully saturated rings. The Morgan fingerprint density at radius 3 is 2.20 bits per heavy atom. The van der Waals surface area contributed by atoms with Crippen molar-refractivity contribution in [3.05, 3.63) is 30.1 Å². The molecule has 0 atom stereocenters. The number of aryl methyl sites for hydroxylation is 1. The molecular formula is C11H14N2O6S. The number of carboxylic acids is 2. The lowest BCUT2D eigenvalue weighted by Gasteiger charge is -2.17. The molecule has 0 amide bonds. The lowest BCUT2D eigenvalue weighted by atomic mass is 10.3. The molecule has 0 radical (unpaired) electrons. The van der Waals surface area contributed by atoms with Gasteiger partial charge in [0.2, 0.25) is 10.0 Å². The summed E-state index contributed by atoms with van der Waals surface area (Å²) >= 11 is 0. The molecule has 8 nitrogen and oxygen atoms in total. The highest BCUT2D eigenvalue weighted by Gasteiger charge is 2.26. The van der Waals surface area contributed by atoms with Crippen LogP contribution in [-0.2, 0) is 26.0 Å². The van der Waals surface area contributed by atoms with Crippen molar-refractivity contribution in [1.82, 2.24) is 9.29 Å². The molecule has 1 aromatic rings. The van der Waals surface area contributed by atoms with Gasteiger partial charge in [0.25, 0.3) is 0 Å². The van der Waals surface area contributed by atoms with Gasteiger partial charge in [-0.05, 0) is 12.1 Å². The average molecular weight is 302 g/mol. The van der Waals surface area contributed by atoms with Crippen LogP contribution < -0.4 is 0 Å². The topological polar surface area (TPSA) is 125 Å². The van der Waals surface area contributed by atoms with Crippen LogP contribution in [0.4, 0.5) is 0 Å². The number of aliphatic carboxylic acids is 2. The summed E-state index contributed by atoms with van der Waals surface area (Å²) in [6.07, 6.45) is 1.59. The molecule has 0 aromatic carbocycles. The number of hydrogen-bond donors (Lipinski definition) is 2. The summed E-state index contributed by atoms with van der Waals surface area (Å²) in [6, 6.07) is 5.01. The SMILES string of the molecule is O=C(O)CN(CC(=O)O)S(=O)(=O)CCc1ccccn1. The van der Waals surface area contributed by atoms with E-state index in [0.29, 0.717) is 10.00 Å². The highest BCUT2D eigenvalue weighted by molar-refractivity contribution is 7.89. The molecule has 0 aliphatic heterocycles. The van der Waals surface area contributed by atoms with Gasteiger partial charge in [-0.1, -0.05) is 6.07 Å². The summed E-state index contributed by atoms with van der Waals surface area (Å²) in [5, 5.41) is 17.3. The lowest BCUT2D eigenvalue weighted by Crippen LogP contribution is -2.41. The van der Waals surface area contributed by atoms with E-state index in [1.165, 1.54) is 6.20 Å². The van der Waals surface area contributed by atoms with Crippen LogP contribution in [0.15, 0.2) is 24.4 Å². The van der Waals surface area contributed by atoms with Crippen molar-refractivity contribution in [3.8, 4) is 0 Å². The maximum atomic E-state index is 11.9. The summed E-state index contributed by atoms with van der Waals surface area (Å²) in [5.74, 6) is -3.22. The number of sulfonamides is 1. The average Bonchev–Trinajstić information content (AvgIpc) is 2.36. The zero-order valence-electron chi connectivity index (χ0n) is 10.5. The van der Waals surface area contributed by atoms with Gasteiger partial charge in [0, 0.05) is 18.3 Å². The Balaban J connectivity index is 2.76. The van der Waals surface area contributed by atoms with Crippen molar-refractivity contribution in [2.45, 2.75) is 6.42 Å². The fraction of sp³-hybridized carbons (Fsp3) is 0.364. The van der Waals surface area contributed by atoms with Gasteiger partial charge in [0.05, 0.1) is 5.75 Å². The van der Waals surface area contributed by atoms with E-state index in [1.54, 1.807) is 18.2 Å². The molecule has 20 heavy (non-hydrogen) atoms. The highest BCUT2D eigenvalue weighted by Crippen LogP contribution is 2.05. The predicted octanol–water partition coefficient (Wildman–Crippen LogP) is -0.575. The maximum Gasteiger partial charge on any atom is 0.318 e. The maximum absolute atomic E-state index is 11.9. The fourth-order valence-corrected chi connectivity index (χ4v) is 2.80. The summed E-state index contributed by atoms with van der Waals surface area (Å²) in [6.45, 7) is -1.76. The molecule has 0 aliphatic rings. The predicted molar refractivity (Wildman–Crippen MR) is 68.6 cm³/mol. The summed E-state index contributed by atoms with van der Waals surface area (Å²) in [5.41, 5.74) is 0.529. The first-order valence-corrected chi connectivity index (χ1v) is 7.23. The molecule has 2 N–H and O–H groups in total. The van der Waals surface area contributed by atoms with Crippen molar-refractivity contribution in [1.29, 1.82) is 0 Å². The first kappa shape index (κ1) is 16.1. The number of pyridine rings is 1. The van der Waals surface area contributed by atoms with Crippen LogP contribution in [0.5, 0.6) is 0 Å². The zero-order chi connectivity index (χ0) is 15.2. The van der Waals surface area contributed by atoms with Gasteiger partial charge in [0.15, 0.2) is 0 Å². The monoisotopic (exact) mass is 302 g/mol.